The van der Waals surface area contributed by atoms with Crippen molar-refractivity contribution < 1.29 is 23.7 Å². The number of aryl methyl sites for hydroxylation is 1. The van der Waals surface area contributed by atoms with Crippen LogP contribution in [0, 0.1) is 5.82 Å². The molecular weight excluding hydrogens is 477 g/mol. The second-order valence-corrected chi connectivity index (χ2v) is 9.62. The third-order valence-electron chi connectivity index (χ3n) is 6.31. The second-order valence-electron chi connectivity index (χ2n) is 9.21. The van der Waals surface area contributed by atoms with Gasteiger partial charge in [0.2, 0.25) is 0 Å². The van der Waals surface area contributed by atoms with E-state index in [0.29, 0.717) is 47.1 Å². The van der Waals surface area contributed by atoms with Crippen molar-refractivity contribution in [1.82, 2.24) is 19.9 Å². The molecule has 0 unspecified atom stereocenters. The Balaban J connectivity index is 1.31. The number of imidazole rings is 1. The Morgan fingerprint density at radius 3 is 2.80 bits per heavy atom. The number of nitrogens with one attached hydrogen (secondary N) is 2. The minimum atomic E-state index is -0.652. The van der Waals surface area contributed by atoms with Crippen molar-refractivity contribution in [2.75, 3.05) is 32.6 Å². The summed E-state index contributed by atoms with van der Waals surface area (Å²) < 4.78 is 32.1. The number of rotatable bonds is 8. The molecular formula is C24H29ClFN5O4. The summed E-state index contributed by atoms with van der Waals surface area (Å²) in [5.41, 5.74) is 3.48. The molecule has 5 rings (SSSR count). The molecule has 188 valence electrons. The highest BCUT2D eigenvalue weighted by atomic mass is 35.5. The highest BCUT2D eigenvalue weighted by Crippen LogP contribution is 2.31. The fourth-order valence-electron chi connectivity index (χ4n) is 4.66. The first kappa shape index (κ1) is 24.2. The number of ether oxygens (including phenoxy) is 3. The van der Waals surface area contributed by atoms with Gasteiger partial charge in [-0.3, -0.25) is 0 Å². The second kappa shape index (κ2) is 9.87. The van der Waals surface area contributed by atoms with E-state index in [1.165, 1.54) is 0 Å². The van der Waals surface area contributed by atoms with Gasteiger partial charge in [-0.15, -0.1) is 0 Å². The number of aliphatic hydroxyl groups excluding tert-OH is 1. The Bertz CT molecular complexity index is 1220. The Morgan fingerprint density at radius 1 is 1.23 bits per heavy atom. The van der Waals surface area contributed by atoms with Crippen LogP contribution < -0.4 is 10.1 Å². The van der Waals surface area contributed by atoms with Gasteiger partial charge in [0, 0.05) is 18.7 Å². The van der Waals surface area contributed by atoms with Gasteiger partial charge in [-0.25, -0.2) is 9.37 Å². The fraction of sp³-hybridized carbons (Fsp3) is 0.500. The lowest BCUT2D eigenvalue weighted by atomic mass is 10.0. The summed E-state index contributed by atoms with van der Waals surface area (Å²) in [5.74, 6) is 0.153. The van der Waals surface area contributed by atoms with Crippen LogP contribution in [0.15, 0.2) is 18.2 Å². The van der Waals surface area contributed by atoms with Gasteiger partial charge >= 0.3 is 0 Å². The molecule has 2 aromatic heterocycles. The van der Waals surface area contributed by atoms with Gasteiger partial charge in [0.05, 0.1) is 23.8 Å². The van der Waals surface area contributed by atoms with E-state index >= 15 is 0 Å². The van der Waals surface area contributed by atoms with Crippen LogP contribution in [0.1, 0.15) is 23.6 Å². The first-order valence-electron chi connectivity index (χ1n) is 11.6. The summed E-state index contributed by atoms with van der Waals surface area (Å²) in [5, 5.41) is 13.4. The first-order chi connectivity index (χ1) is 16.8. The van der Waals surface area contributed by atoms with Gasteiger partial charge in [0.1, 0.15) is 29.9 Å². The van der Waals surface area contributed by atoms with Gasteiger partial charge in [-0.1, -0.05) is 24.6 Å². The molecule has 9 nitrogen and oxygen atoms in total. The number of nitrogens with zero attached hydrogens (tertiary/aromatic N) is 3. The molecule has 2 saturated heterocycles. The average molecular weight is 506 g/mol. The lowest BCUT2D eigenvalue weighted by Crippen LogP contribution is -2.34. The fourth-order valence-corrected chi connectivity index (χ4v) is 4.88. The van der Waals surface area contributed by atoms with Crippen LogP contribution in [0.3, 0.4) is 0 Å². The standard InChI is InChI=1S/C24H29ClFN5O4/c1-4-13-5-12(9-31(2)3)6-16(26)14(13)8-27-22-15(25)7-17-23(29-22)30-24(28-17)35-19-11-34-20-18(32)10-33-21(19)20/h5-7,18-21,32H,4,8-11H2,1-3H3,(H2,27,28,29,30)/t18-,19-,20-,21-/m1/s1. The van der Waals surface area contributed by atoms with Crippen molar-refractivity contribution in [2.24, 2.45) is 0 Å². The normalized spacial score (nSPS) is 23.9. The molecule has 0 saturated carbocycles. The summed E-state index contributed by atoms with van der Waals surface area (Å²) in [6, 6.07) is 5.58. The number of H-pyrrole nitrogens is 1. The molecule has 4 atom stereocenters. The summed E-state index contributed by atoms with van der Waals surface area (Å²) in [6.07, 6.45) is -1.07. The molecule has 4 heterocycles. The van der Waals surface area contributed by atoms with Gasteiger partial charge in [0.25, 0.3) is 6.01 Å². The van der Waals surface area contributed by atoms with Crippen LogP contribution >= 0.6 is 11.6 Å². The minimum Gasteiger partial charge on any atom is -0.456 e. The third-order valence-corrected chi connectivity index (χ3v) is 6.60. The number of anilines is 1. The van der Waals surface area contributed by atoms with Gasteiger partial charge in [-0.05, 0) is 43.8 Å². The van der Waals surface area contributed by atoms with Crippen LogP contribution in [-0.4, -0.2) is 76.7 Å². The minimum absolute atomic E-state index is 0.222. The number of fused-ring (bicyclic) bond motifs is 2. The number of hydrogen-bond donors (Lipinski definition) is 3. The third kappa shape index (κ3) is 4.94. The molecule has 2 aliphatic heterocycles. The van der Waals surface area contributed by atoms with Crippen LogP contribution in [0.2, 0.25) is 5.02 Å². The van der Waals surface area contributed by atoms with Crippen LogP contribution in [0.25, 0.3) is 11.2 Å². The van der Waals surface area contributed by atoms with E-state index < -0.39 is 18.3 Å². The number of aromatic amines is 1. The molecule has 0 radical (unpaired) electrons. The summed E-state index contributed by atoms with van der Waals surface area (Å²) >= 11 is 6.45. The Morgan fingerprint density at radius 2 is 2.03 bits per heavy atom. The van der Waals surface area contributed by atoms with Crippen molar-refractivity contribution in [3.8, 4) is 6.01 Å². The first-order valence-corrected chi connectivity index (χ1v) is 12.0. The Labute approximate surface area is 207 Å². The van der Waals surface area contributed by atoms with Gasteiger partial charge < -0.3 is 34.5 Å². The van der Waals surface area contributed by atoms with Crippen molar-refractivity contribution in [3.63, 3.8) is 0 Å². The molecule has 0 aliphatic carbocycles. The van der Waals surface area contributed by atoms with Gasteiger partial charge in [-0.2, -0.15) is 4.98 Å². The summed E-state index contributed by atoms with van der Waals surface area (Å²) in [4.78, 5) is 14.0. The van der Waals surface area contributed by atoms with Crippen LogP contribution in [0.4, 0.5) is 10.2 Å². The number of benzene rings is 1. The van der Waals surface area contributed by atoms with Crippen molar-refractivity contribution >= 4 is 28.6 Å². The number of aromatic nitrogens is 3. The molecule has 0 spiro atoms. The maximum atomic E-state index is 14.9. The molecule has 35 heavy (non-hydrogen) atoms. The van der Waals surface area contributed by atoms with E-state index in [1.807, 2.05) is 32.0 Å². The van der Waals surface area contributed by atoms with Gasteiger partial charge in [0.15, 0.2) is 11.8 Å². The van der Waals surface area contributed by atoms with E-state index in [2.05, 4.69) is 20.3 Å². The van der Waals surface area contributed by atoms with E-state index in [-0.39, 0.29) is 31.1 Å². The number of aliphatic hydroxyl groups is 1. The molecule has 2 aliphatic rings. The quantitative estimate of drug-likeness (QED) is 0.429. The Hall–Kier alpha value is -2.50. The molecule has 3 N–H and O–H groups in total. The molecule has 2 fully saturated rings. The van der Waals surface area contributed by atoms with E-state index in [0.717, 1.165) is 11.1 Å². The van der Waals surface area contributed by atoms with Crippen LogP contribution in [0.5, 0.6) is 6.01 Å². The molecule has 1 aromatic carbocycles. The highest BCUT2D eigenvalue weighted by molar-refractivity contribution is 6.33. The SMILES string of the molecule is CCc1cc(CN(C)C)cc(F)c1CNc1nc2nc(O[C@@H]3CO[C@H]4[C@@H]3OC[C@H]4O)[nH]c2cc1Cl. The van der Waals surface area contributed by atoms with Crippen molar-refractivity contribution in [3.05, 3.63) is 45.7 Å². The van der Waals surface area contributed by atoms with E-state index in [1.54, 1.807) is 12.1 Å². The number of halogens is 2. The van der Waals surface area contributed by atoms with Crippen molar-refractivity contribution in [2.45, 2.75) is 50.8 Å². The summed E-state index contributed by atoms with van der Waals surface area (Å²) in [6.45, 7) is 3.44. The van der Waals surface area contributed by atoms with E-state index in [9.17, 15) is 9.50 Å². The summed E-state index contributed by atoms with van der Waals surface area (Å²) in [7, 11) is 3.92. The topological polar surface area (TPSA) is 105 Å². The van der Waals surface area contributed by atoms with Crippen molar-refractivity contribution in [1.29, 1.82) is 0 Å². The molecule has 11 heteroatoms. The maximum Gasteiger partial charge on any atom is 0.296 e. The lowest BCUT2D eigenvalue weighted by Gasteiger charge is -2.16. The molecule has 0 bridgehead atoms. The van der Waals surface area contributed by atoms with Crippen LogP contribution in [-0.2, 0) is 29.0 Å². The predicted molar refractivity (Wildman–Crippen MR) is 129 cm³/mol. The highest BCUT2D eigenvalue weighted by Gasteiger charge is 2.48. The zero-order chi connectivity index (χ0) is 24.7. The monoisotopic (exact) mass is 505 g/mol. The number of hydrogen-bond acceptors (Lipinski definition) is 8. The molecule has 0 amide bonds. The maximum absolute atomic E-state index is 14.9. The average Bonchev–Trinajstić information content (AvgIpc) is 3.49. The van der Waals surface area contributed by atoms with E-state index in [4.69, 9.17) is 25.8 Å². The lowest BCUT2D eigenvalue weighted by molar-refractivity contribution is 0.00706. The molecule has 3 aromatic rings. The zero-order valence-electron chi connectivity index (χ0n) is 19.8. The predicted octanol–water partition coefficient (Wildman–Crippen LogP) is 2.89. The zero-order valence-corrected chi connectivity index (χ0v) is 20.6. The Kier molecular flexibility index (Phi) is 6.82. The largest absolute Gasteiger partial charge is 0.456 e. The number of pyridine rings is 1. The smallest absolute Gasteiger partial charge is 0.296 e.